The van der Waals surface area contributed by atoms with Crippen LogP contribution >= 0.6 is 0 Å². The highest BCUT2D eigenvalue weighted by Gasteiger charge is 1.89. The van der Waals surface area contributed by atoms with E-state index in [1.807, 2.05) is 0 Å². The standard InChI is InChI=1S/C9H21NO/c1-11-9-7-5-3-2-4-6-8-10/h2-10H2,1H3. The van der Waals surface area contributed by atoms with Crippen molar-refractivity contribution in [1.82, 2.24) is 0 Å². The van der Waals surface area contributed by atoms with Crippen molar-refractivity contribution in [3.05, 3.63) is 0 Å². The summed E-state index contributed by atoms with van der Waals surface area (Å²) in [5, 5.41) is 0. The molecule has 0 aliphatic carbocycles. The lowest BCUT2D eigenvalue weighted by atomic mass is 10.1. The fourth-order valence-electron chi connectivity index (χ4n) is 1.10. The summed E-state index contributed by atoms with van der Waals surface area (Å²) in [6.07, 6.45) is 7.66. The number of nitrogens with two attached hydrogens (primary N) is 1. The smallest absolute Gasteiger partial charge is 0.0462 e. The molecule has 0 heterocycles. The fraction of sp³-hybridized carbons (Fsp3) is 1.00. The lowest BCUT2D eigenvalue weighted by molar-refractivity contribution is 0.192. The molecule has 0 fully saturated rings. The average molecular weight is 159 g/mol. The molecule has 0 atom stereocenters. The Hall–Kier alpha value is -0.0800. The summed E-state index contributed by atoms with van der Waals surface area (Å²) in [7, 11) is 1.76. The van der Waals surface area contributed by atoms with Crippen molar-refractivity contribution in [3.8, 4) is 0 Å². The van der Waals surface area contributed by atoms with Gasteiger partial charge >= 0.3 is 0 Å². The van der Waals surface area contributed by atoms with Gasteiger partial charge in [0.05, 0.1) is 0 Å². The van der Waals surface area contributed by atoms with Crippen LogP contribution in [0.15, 0.2) is 0 Å². The predicted molar refractivity (Wildman–Crippen MR) is 48.6 cm³/mol. The van der Waals surface area contributed by atoms with Crippen LogP contribution in [0.3, 0.4) is 0 Å². The predicted octanol–water partition coefficient (Wildman–Crippen LogP) is 1.93. The van der Waals surface area contributed by atoms with Gasteiger partial charge in [0.1, 0.15) is 0 Å². The second-order valence-corrected chi connectivity index (χ2v) is 2.90. The average Bonchev–Trinajstić information content (AvgIpc) is 2.03. The molecule has 0 aliphatic heterocycles. The molecule has 0 spiro atoms. The molecule has 0 aromatic rings. The first-order valence-corrected chi connectivity index (χ1v) is 4.61. The van der Waals surface area contributed by atoms with E-state index >= 15 is 0 Å². The minimum atomic E-state index is 0.845. The van der Waals surface area contributed by atoms with E-state index in [0.717, 1.165) is 13.2 Å². The largest absolute Gasteiger partial charge is 0.385 e. The summed E-state index contributed by atoms with van der Waals surface area (Å²) in [6, 6.07) is 0. The van der Waals surface area contributed by atoms with E-state index < -0.39 is 0 Å². The van der Waals surface area contributed by atoms with Crippen molar-refractivity contribution in [2.45, 2.75) is 38.5 Å². The zero-order chi connectivity index (χ0) is 8.36. The number of hydrogen-bond donors (Lipinski definition) is 1. The van der Waals surface area contributed by atoms with Crippen molar-refractivity contribution in [2.75, 3.05) is 20.3 Å². The Morgan fingerprint density at radius 1 is 0.909 bits per heavy atom. The molecule has 0 rings (SSSR count). The van der Waals surface area contributed by atoms with Gasteiger partial charge in [-0.05, 0) is 19.4 Å². The number of hydrogen-bond acceptors (Lipinski definition) is 2. The molecule has 2 N–H and O–H groups in total. The van der Waals surface area contributed by atoms with Crippen LogP contribution in [0.25, 0.3) is 0 Å². The van der Waals surface area contributed by atoms with Crippen molar-refractivity contribution < 1.29 is 4.74 Å². The first-order chi connectivity index (χ1) is 5.41. The van der Waals surface area contributed by atoms with E-state index in [9.17, 15) is 0 Å². The molecule has 11 heavy (non-hydrogen) atoms. The zero-order valence-electron chi connectivity index (χ0n) is 7.64. The summed E-state index contributed by atoms with van der Waals surface area (Å²) in [6.45, 7) is 1.76. The number of ether oxygens (including phenoxy) is 1. The highest BCUT2D eigenvalue weighted by Crippen LogP contribution is 2.04. The highest BCUT2D eigenvalue weighted by atomic mass is 16.5. The normalized spacial score (nSPS) is 10.4. The molecule has 2 heteroatoms. The van der Waals surface area contributed by atoms with Gasteiger partial charge in [-0.15, -0.1) is 0 Å². The summed E-state index contributed by atoms with van der Waals surface area (Å²) >= 11 is 0. The fourth-order valence-corrected chi connectivity index (χ4v) is 1.10. The minimum absolute atomic E-state index is 0.845. The van der Waals surface area contributed by atoms with E-state index in [1.165, 1.54) is 38.5 Å². The lowest BCUT2D eigenvalue weighted by Gasteiger charge is -1.99. The third-order valence-electron chi connectivity index (χ3n) is 1.80. The monoisotopic (exact) mass is 159 g/mol. The summed E-state index contributed by atoms with van der Waals surface area (Å²) in [5.41, 5.74) is 5.37. The molecule has 0 amide bonds. The quantitative estimate of drug-likeness (QED) is 0.549. The van der Waals surface area contributed by atoms with Crippen LogP contribution in [0, 0.1) is 0 Å². The molecule has 2 nitrogen and oxygen atoms in total. The number of unbranched alkanes of at least 4 members (excludes halogenated alkanes) is 5. The van der Waals surface area contributed by atoms with E-state index in [4.69, 9.17) is 10.5 Å². The van der Waals surface area contributed by atoms with Crippen LogP contribution in [-0.4, -0.2) is 20.3 Å². The van der Waals surface area contributed by atoms with Gasteiger partial charge in [-0.1, -0.05) is 25.7 Å². The van der Waals surface area contributed by atoms with Gasteiger partial charge in [0.15, 0.2) is 0 Å². The maximum Gasteiger partial charge on any atom is 0.0462 e. The van der Waals surface area contributed by atoms with Crippen molar-refractivity contribution in [3.63, 3.8) is 0 Å². The molecular formula is C9H21NO. The van der Waals surface area contributed by atoms with Gasteiger partial charge in [-0.2, -0.15) is 0 Å². The molecule has 0 aliphatic rings. The van der Waals surface area contributed by atoms with E-state index in [-0.39, 0.29) is 0 Å². The Labute approximate surface area is 70.1 Å². The van der Waals surface area contributed by atoms with Crippen LogP contribution in [0.5, 0.6) is 0 Å². The SMILES string of the molecule is COCCCCCCCCN. The second-order valence-electron chi connectivity index (χ2n) is 2.90. The molecular weight excluding hydrogens is 138 g/mol. The molecule has 0 radical (unpaired) electrons. The minimum Gasteiger partial charge on any atom is -0.385 e. The van der Waals surface area contributed by atoms with Gasteiger partial charge < -0.3 is 10.5 Å². The van der Waals surface area contributed by atoms with Gasteiger partial charge in [-0.3, -0.25) is 0 Å². The van der Waals surface area contributed by atoms with E-state index in [2.05, 4.69) is 0 Å². The van der Waals surface area contributed by atoms with Gasteiger partial charge in [0.2, 0.25) is 0 Å². The van der Waals surface area contributed by atoms with Crippen LogP contribution in [-0.2, 0) is 4.74 Å². The van der Waals surface area contributed by atoms with E-state index in [0.29, 0.717) is 0 Å². The second kappa shape index (κ2) is 9.92. The number of rotatable bonds is 8. The molecule has 0 saturated carbocycles. The topological polar surface area (TPSA) is 35.2 Å². The molecule has 0 aromatic carbocycles. The van der Waals surface area contributed by atoms with Crippen molar-refractivity contribution in [2.24, 2.45) is 5.73 Å². The third kappa shape index (κ3) is 9.92. The molecule has 0 saturated heterocycles. The zero-order valence-corrected chi connectivity index (χ0v) is 7.64. The third-order valence-corrected chi connectivity index (χ3v) is 1.80. The highest BCUT2D eigenvalue weighted by molar-refractivity contribution is 4.45. The van der Waals surface area contributed by atoms with Gasteiger partial charge in [0, 0.05) is 13.7 Å². The first kappa shape index (κ1) is 10.9. The van der Waals surface area contributed by atoms with Crippen molar-refractivity contribution >= 4 is 0 Å². The molecule has 0 bridgehead atoms. The van der Waals surface area contributed by atoms with E-state index in [1.54, 1.807) is 7.11 Å². The maximum atomic E-state index is 5.37. The summed E-state index contributed by atoms with van der Waals surface area (Å²) in [4.78, 5) is 0. The van der Waals surface area contributed by atoms with Crippen LogP contribution in [0.2, 0.25) is 0 Å². The van der Waals surface area contributed by atoms with Crippen molar-refractivity contribution in [1.29, 1.82) is 0 Å². The Morgan fingerprint density at radius 2 is 1.45 bits per heavy atom. The maximum absolute atomic E-state index is 5.37. The molecule has 0 unspecified atom stereocenters. The Morgan fingerprint density at radius 3 is 2.00 bits per heavy atom. The summed E-state index contributed by atoms with van der Waals surface area (Å²) < 4.78 is 4.95. The number of methoxy groups -OCH3 is 1. The molecule has 0 aromatic heterocycles. The Bertz CT molecular complexity index is 58.6. The van der Waals surface area contributed by atoms with Crippen LogP contribution in [0.4, 0.5) is 0 Å². The van der Waals surface area contributed by atoms with Crippen LogP contribution in [0.1, 0.15) is 38.5 Å². The van der Waals surface area contributed by atoms with Crippen LogP contribution < -0.4 is 5.73 Å². The first-order valence-electron chi connectivity index (χ1n) is 4.61. The lowest BCUT2D eigenvalue weighted by Crippen LogP contribution is -1.97. The Kier molecular flexibility index (Phi) is 9.85. The summed E-state index contributed by atoms with van der Waals surface area (Å²) in [5.74, 6) is 0. The van der Waals surface area contributed by atoms with Gasteiger partial charge in [0.25, 0.3) is 0 Å². The molecule has 68 valence electrons. The van der Waals surface area contributed by atoms with Gasteiger partial charge in [-0.25, -0.2) is 0 Å². The Balaban J connectivity index is 2.69.